The predicted octanol–water partition coefficient (Wildman–Crippen LogP) is 2.34. The Balaban J connectivity index is 5.41. The number of aliphatic hydroxyl groups is 1. The molecule has 0 saturated heterocycles. The van der Waals surface area contributed by atoms with E-state index in [1.807, 2.05) is 18.9 Å². The van der Waals surface area contributed by atoms with Gasteiger partial charge in [-0.2, -0.15) is 0 Å². The lowest BCUT2D eigenvalue weighted by atomic mass is 10.1. The van der Waals surface area contributed by atoms with Crippen LogP contribution in [0.25, 0.3) is 0 Å². The number of hydrazine groups is 1. The third kappa shape index (κ3) is 6.78. The molecule has 0 spiro atoms. The van der Waals surface area contributed by atoms with Gasteiger partial charge < -0.3 is 14.9 Å². The molecule has 0 bridgehead atoms. The van der Waals surface area contributed by atoms with Crippen molar-refractivity contribution in [3.8, 4) is 0 Å². The van der Waals surface area contributed by atoms with Crippen LogP contribution in [-0.4, -0.2) is 52.9 Å². The molecule has 5 nitrogen and oxygen atoms in total. The molecular weight excluding hydrogens is 268 g/mol. The van der Waals surface area contributed by atoms with Crippen LogP contribution in [0.2, 0.25) is 0 Å². The Kier molecular flexibility index (Phi) is 8.29. The fraction of sp³-hybridized carbons (Fsp3) is 0.688. The van der Waals surface area contributed by atoms with Gasteiger partial charge >= 0.3 is 5.97 Å². The van der Waals surface area contributed by atoms with Gasteiger partial charge in [0.2, 0.25) is 0 Å². The van der Waals surface area contributed by atoms with Crippen LogP contribution in [0.3, 0.4) is 0 Å². The number of esters is 1. The van der Waals surface area contributed by atoms with Crippen molar-refractivity contribution >= 4 is 5.97 Å². The molecule has 0 atom stereocenters. The highest BCUT2D eigenvalue weighted by Gasteiger charge is 2.26. The maximum atomic E-state index is 11.8. The number of carbonyl (C=O) groups excluding carboxylic acids is 1. The number of hydrogen-bond acceptors (Lipinski definition) is 5. The van der Waals surface area contributed by atoms with Gasteiger partial charge in [-0.1, -0.05) is 12.2 Å². The minimum atomic E-state index is -0.484. The van der Waals surface area contributed by atoms with E-state index in [9.17, 15) is 9.90 Å². The molecular formula is C16H30N2O3. The highest BCUT2D eigenvalue weighted by Crippen LogP contribution is 2.19. The lowest BCUT2D eigenvalue weighted by molar-refractivity contribution is -0.139. The average Bonchev–Trinajstić information content (AvgIpc) is 2.37. The molecule has 1 N–H and O–H groups in total. The van der Waals surface area contributed by atoms with E-state index in [1.54, 1.807) is 13.1 Å². The van der Waals surface area contributed by atoms with Crippen molar-refractivity contribution in [2.24, 2.45) is 0 Å². The van der Waals surface area contributed by atoms with Crippen molar-refractivity contribution in [2.45, 2.75) is 47.1 Å². The molecule has 0 aliphatic carbocycles. The smallest absolute Gasteiger partial charge is 0.337 e. The van der Waals surface area contributed by atoms with E-state index in [0.29, 0.717) is 13.1 Å². The van der Waals surface area contributed by atoms with Crippen molar-refractivity contribution in [1.29, 1.82) is 0 Å². The number of nitrogens with zero attached hydrogens (tertiary/aromatic N) is 2. The number of aliphatic hydroxyl groups excluding tert-OH is 1. The van der Waals surface area contributed by atoms with Crippen LogP contribution in [0.15, 0.2) is 23.9 Å². The van der Waals surface area contributed by atoms with Gasteiger partial charge in [0.15, 0.2) is 0 Å². The predicted molar refractivity (Wildman–Crippen MR) is 85.5 cm³/mol. The minimum Gasteiger partial charge on any atom is -0.463 e. The van der Waals surface area contributed by atoms with E-state index in [1.165, 1.54) is 0 Å². The van der Waals surface area contributed by atoms with Crippen LogP contribution in [0.1, 0.15) is 41.5 Å². The molecule has 0 aromatic heterocycles. The van der Waals surface area contributed by atoms with Gasteiger partial charge in [-0.25, -0.2) is 9.80 Å². The summed E-state index contributed by atoms with van der Waals surface area (Å²) in [5.41, 5.74) is 1.13. The zero-order chi connectivity index (χ0) is 16.6. The largest absolute Gasteiger partial charge is 0.463 e. The quantitative estimate of drug-likeness (QED) is 0.323. The molecule has 5 heteroatoms. The highest BCUT2D eigenvalue weighted by molar-refractivity contribution is 5.88. The van der Waals surface area contributed by atoms with Crippen molar-refractivity contribution in [3.63, 3.8) is 0 Å². The topological polar surface area (TPSA) is 53.0 Å². The molecule has 0 fully saturated rings. The standard InChI is InChI=1S/C16H30N2O3/c1-8-17(11-14(12-19)15(20)21-9-2)18(10-13(3)4)16(5,6)7/h11,19H,3,8-10,12H2,1-2,4-7H3/b14-11+. The monoisotopic (exact) mass is 298 g/mol. The minimum absolute atomic E-state index is 0.138. The lowest BCUT2D eigenvalue weighted by Crippen LogP contribution is -2.51. The van der Waals surface area contributed by atoms with Crippen LogP contribution in [0.5, 0.6) is 0 Å². The molecule has 0 saturated carbocycles. The second-order valence-corrected chi connectivity index (χ2v) is 5.97. The summed E-state index contributed by atoms with van der Waals surface area (Å²) in [6.07, 6.45) is 1.66. The van der Waals surface area contributed by atoms with Crippen molar-refractivity contribution in [3.05, 3.63) is 23.9 Å². The molecule has 0 unspecified atom stereocenters. The van der Waals surface area contributed by atoms with Crippen molar-refractivity contribution in [1.82, 2.24) is 10.0 Å². The molecule has 21 heavy (non-hydrogen) atoms. The summed E-state index contributed by atoms with van der Waals surface area (Å²) in [5.74, 6) is -0.484. The molecule has 0 rings (SSSR count). The zero-order valence-electron chi connectivity index (χ0n) is 14.3. The molecule has 0 radical (unpaired) electrons. The van der Waals surface area contributed by atoms with Crippen LogP contribution >= 0.6 is 0 Å². The molecule has 0 amide bonds. The van der Waals surface area contributed by atoms with E-state index in [-0.39, 0.29) is 24.3 Å². The first-order chi connectivity index (χ1) is 9.67. The third-order valence-electron chi connectivity index (χ3n) is 2.84. The van der Waals surface area contributed by atoms with Crippen LogP contribution in [-0.2, 0) is 9.53 Å². The summed E-state index contributed by atoms with van der Waals surface area (Å²) in [5, 5.41) is 13.4. The molecule has 0 aliphatic heterocycles. The van der Waals surface area contributed by atoms with E-state index < -0.39 is 5.97 Å². The molecule has 0 aromatic carbocycles. The average molecular weight is 298 g/mol. The van der Waals surface area contributed by atoms with Gasteiger partial charge in [-0.05, 0) is 41.5 Å². The molecule has 0 aromatic rings. The zero-order valence-corrected chi connectivity index (χ0v) is 14.3. The number of carbonyl (C=O) groups is 1. The van der Waals surface area contributed by atoms with Gasteiger partial charge in [0.1, 0.15) is 0 Å². The van der Waals surface area contributed by atoms with Gasteiger partial charge in [0.05, 0.1) is 18.8 Å². The van der Waals surface area contributed by atoms with Crippen molar-refractivity contribution in [2.75, 3.05) is 26.3 Å². The number of rotatable bonds is 8. The normalized spacial score (nSPS) is 12.5. The fourth-order valence-electron chi connectivity index (χ4n) is 1.86. The van der Waals surface area contributed by atoms with Gasteiger partial charge in [0, 0.05) is 24.8 Å². The number of hydrogen-bond donors (Lipinski definition) is 1. The van der Waals surface area contributed by atoms with Crippen LogP contribution in [0.4, 0.5) is 0 Å². The Morgan fingerprint density at radius 2 is 1.90 bits per heavy atom. The summed E-state index contributed by atoms with van der Waals surface area (Å²) < 4.78 is 4.96. The van der Waals surface area contributed by atoms with Crippen molar-refractivity contribution < 1.29 is 14.6 Å². The first kappa shape index (κ1) is 19.7. The van der Waals surface area contributed by atoms with E-state index in [2.05, 4.69) is 32.4 Å². The Hall–Kier alpha value is -1.33. The molecule has 122 valence electrons. The first-order valence-electron chi connectivity index (χ1n) is 7.34. The van der Waals surface area contributed by atoms with Gasteiger partial charge in [0.25, 0.3) is 0 Å². The summed E-state index contributed by atoms with van der Waals surface area (Å²) in [4.78, 5) is 11.8. The molecule has 0 heterocycles. The Bertz CT molecular complexity index is 383. The van der Waals surface area contributed by atoms with Crippen LogP contribution < -0.4 is 0 Å². The van der Waals surface area contributed by atoms with E-state index >= 15 is 0 Å². The Morgan fingerprint density at radius 1 is 1.33 bits per heavy atom. The highest BCUT2D eigenvalue weighted by atomic mass is 16.5. The second kappa shape index (κ2) is 8.85. The third-order valence-corrected chi connectivity index (χ3v) is 2.84. The van der Waals surface area contributed by atoms with E-state index in [4.69, 9.17) is 4.74 Å². The van der Waals surface area contributed by atoms with Crippen LogP contribution in [0, 0.1) is 0 Å². The van der Waals surface area contributed by atoms with Gasteiger partial charge in [-0.3, -0.25) is 0 Å². The number of ether oxygens (including phenoxy) is 1. The SMILES string of the molecule is C=C(C)CN(N(/C=C(\CO)C(=O)OCC)CC)C(C)(C)C. The van der Waals surface area contributed by atoms with E-state index in [0.717, 1.165) is 5.57 Å². The first-order valence-corrected chi connectivity index (χ1v) is 7.34. The Morgan fingerprint density at radius 3 is 2.24 bits per heavy atom. The lowest BCUT2D eigenvalue weighted by Gasteiger charge is -2.43. The molecule has 0 aliphatic rings. The van der Waals surface area contributed by atoms with Gasteiger partial charge in [-0.15, -0.1) is 0 Å². The maximum Gasteiger partial charge on any atom is 0.337 e. The summed E-state index contributed by atoms with van der Waals surface area (Å²) >= 11 is 0. The summed E-state index contributed by atoms with van der Waals surface area (Å²) in [6.45, 7) is 17.2. The summed E-state index contributed by atoms with van der Waals surface area (Å²) in [6, 6.07) is 0. The fourth-order valence-corrected chi connectivity index (χ4v) is 1.86. The summed E-state index contributed by atoms with van der Waals surface area (Å²) in [7, 11) is 0. The maximum absolute atomic E-state index is 11.8. The Labute approximate surface area is 128 Å². The second-order valence-electron chi connectivity index (χ2n) is 5.97.